The van der Waals surface area contributed by atoms with E-state index in [4.69, 9.17) is 0 Å². The Kier molecular flexibility index (Phi) is 5.79. The Morgan fingerprint density at radius 1 is 0.971 bits per heavy atom. The quantitative estimate of drug-likeness (QED) is 0.454. The number of nitrogens with one attached hydrogen (secondary N) is 1. The summed E-state index contributed by atoms with van der Waals surface area (Å²) in [6.07, 6.45) is 3.94. The van der Waals surface area contributed by atoms with Crippen LogP contribution in [0.25, 0.3) is 10.9 Å². The van der Waals surface area contributed by atoms with Gasteiger partial charge in [0.1, 0.15) is 6.54 Å². The Morgan fingerprint density at radius 2 is 1.74 bits per heavy atom. The van der Waals surface area contributed by atoms with Crippen LogP contribution in [0.4, 0.5) is 5.69 Å². The number of ketones is 1. The van der Waals surface area contributed by atoms with Gasteiger partial charge in [-0.15, -0.1) is 0 Å². The summed E-state index contributed by atoms with van der Waals surface area (Å²) in [7, 11) is 0. The van der Waals surface area contributed by atoms with Gasteiger partial charge >= 0.3 is 0 Å². The normalized spacial score (nSPS) is 15.9. The highest BCUT2D eigenvalue weighted by Gasteiger charge is 2.32. The molecule has 0 radical (unpaired) electrons. The first kappa shape index (κ1) is 21.8. The van der Waals surface area contributed by atoms with Crippen molar-refractivity contribution in [3.05, 3.63) is 71.9 Å². The summed E-state index contributed by atoms with van der Waals surface area (Å²) in [5, 5.41) is 3.36. The molecule has 3 aromatic rings. The minimum Gasteiger partial charge on any atom is -0.339 e. The van der Waals surface area contributed by atoms with E-state index in [1.165, 1.54) is 12.8 Å². The molecular weight excluding hydrogens is 432 g/mol. The number of hydrogen-bond acceptors (Lipinski definition) is 5. The molecule has 34 heavy (non-hydrogen) atoms. The van der Waals surface area contributed by atoms with Crippen LogP contribution in [0.2, 0.25) is 0 Å². The zero-order valence-corrected chi connectivity index (χ0v) is 18.6. The largest absolute Gasteiger partial charge is 0.339 e. The number of rotatable bonds is 6. The number of fused-ring (bicyclic) bond motifs is 1. The highest BCUT2D eigenvalue weighted by atomic mass is 16.2. The zero-order chi connectivity index (χ0) is 23.7. The number of amides is 3. The SMILES string of the molecule is O=C(Nc1ccc(C(=O)N2CCN(CC3CC3)C(=O)C2)cc1)C(=O)c1cccc2cccnc12. The molecule has 2 fully saturated rings. The Balaban J connectivity index is 1.22. The third kappa shape index (κ3) is 4.52. The zero-order valence-electron chi connectivity index (χ0n) is 18.6. The van der Waals surface area contributed by atoms with Gasteiger partial charge in [-0.1, -0.05) is 18.2 Å². The van der Waals surface area contributed by atoms with Crippen LogP contribution in [0, 0.1) is 5.92 Å². The van der Waals surface area contributed by atoms with E-state index in [1.54, 1.807) is 53.6 Å². The second kappa shape index (κ2) is 9.05. The summed E-state index contributed by atoms with van der Waals surface area (Å²) in [5.41, 5.74) is 1.52. The van der Waals surface area contributed by atoms with Crippen molar-refractivity contribution in [2.24, 2.45) is 5.92 Å². The molecule has 1 saturated carbocycles. The van der Waals surface area contributed by atoms with Crippen molar-refractivity contribution in [3.8, 4) is 0 Å². The highest BCUT2D eigenvalue weighted by Crippen LogP contribution is 2.30. The molecule has 1 aliphatic heterocycles. The fourth-order valence-corrected chi connectivity index (χ4v) is 4.16. The molecule has 2 aromatic carbocycles. The van der Waals surface area contributed by atoms with Crippen LogP contribution >= 0.6 is 0 Å². The van der Waals surface area contributed by atoms with Crippen LogP contribution in [-0.2, 0) is 9.59 Å². The van der Waals surface area contributed by atoms with Gasteiger partial charge in [0.2, 0.25) is 5.91 Å². The van der Waals surface area contributed by atoms with Gasteiger partial charge in [-0.2, -0.15) is 0 Å². The second-order valence-electron chi connectivity index (χ2n) is 8.75. The molecule has 1 saturated heterocycles. The lowest BCUT2D eigenvalue weighted by atomic mass is 10.1. The molecule has 5 rings (SSSR count). The maximum absolute atomic E-state index is 12.8. The monoisotopic (exact) mass is 456 g/mol. The van der Waals surface area contributed by atoms with Crippen molar-refractivity contribution in [2.75, 3.05) is 31.5 Å². The van der Waals surface area contributed by atoms with E-state index in [9.17, 15) is 19.2 Å². The van der Waals surface area contributed by atoms with Gasteiger partial charge in [-0.3, -0.25) is 24.2 Å². The average Bonchev–Trinajstić information content (AvgIpc) is 3.68. The van der Waals surface area contributed by atoms with E-state index in [-0.39, 0.29) is 23.9 Å². The van der Waals surface area contributed by atoms with Crippen molar-refractivity contribution in [3.63, 3.8) is 0 Å². The molecule has 0 bridgehead atoms. The van der Waals surface area contributed by atoms with E-state index in [0.717, 1.165) is 11.9 Å². The number of anilines is 1. The number of pyridine rings is 1. The van der Waals surface area contributed by atoms with Crippen molar-refractivity contribution in [1.29, 1.82) is 0 Å². The summed E-state index contributed by atoms with van der Waals surface area (Å²) < 4.78 is 0. The molecule has 8 nitrogen and oxygen atoms in total. The molecule has 172 valence electrons. The lowest BCUT2D eigenvalue weighted by Gasteiger charge is -2.34. The maximum Gasteiger partial charge on any atom is 0.296 e. The Morgan fingerprint density at radius 3 is 2.47 bits per heavy atom. The predicted molar refractivity (Wildman–Crippen MR) is 126 cm³/mol. The van der Waals surface area contributed by atoms with Gasteiger partial charge in [0.15, 0.2) is 0 Å². The van der Waals surface area contributed by atoms with Gasteiger partial charge in [-0.25, -0.2) is 0 Å². The van der Waals surface area contributed by atoms with Gasteiger partial charge in [0, 0.05) is 42.5 Å². The van der Waals surface area contributed by atoms with Gasteiger partial charge in [0.25, 0.3) is 17.6 Å². The number of nitrogens with zero attached hydrogens (tertiary/aromatic N) is 3. The summed E-state index contributed by atoms with van der Waals surface area (Å²) in [6.45, 7) is 1.93. The van der Waals surface area contributed by atoms with Gasteiger partial charge in [-0.05, 0) is 55.2 Å². The van der Waals surface area contributed by atoms with Gasteiger partial charge < -0.3 is 15.1 Å². The number of hydrogen-bond donors (Lipinski definition) is 1. The minimum absolute atomic E-state index is 0.0168. The van der Waals surface area contributed by atoms with E-state index < -0.39 is 11.7 Å². The molecule has 3 amide bonds. The number of carbonyl (C=O) groups is 4. The topological polar surface area (TPSA) is 99.7 Å². The first-order chi connectivity index (χ1) is 16.5. The van der Waals surface area contributed by atoms with E-state index in [1.807, 2.05) is 17.0 Å². The fraction of sp³-hybridized carbons (Fsp3) is 0.269. The van der Waals surface area contributed by atoms with Crippen LogP contribution in [0.1, 0.15) is 33.6 Å². The Bertz CT molecular complexity index is 1280. The van der Waals surface area contributed by atoms with E-state index >= 15 is 0 Å². The third-order valence-electron chi connectivity index (χ3n) is 6.25. The number of para-hydroxylation sites is 1. The average molecular weight is 457 g/mol. The third-order valence-corrected chi connectivity index (χ3v) is 6.25. The summed E-state index contributed by atoms with van der Waals surface area (Å²) >= 11 is 0. The van der Waals surface area contributed by atoms with Crippen LogP contribution in [0.5, 0.6) is 0 Å². The van der Waals surface area contributed by atoms with E-state index in [0.29, 0.717) is 35.8 Å². The molecule has 0 unspecified atom stereocenters. The van der Waals surface area contributed by atoms with Crippen molar-refractivity contribution < 1.29 is 19.2 Å². The smallest absolute Gasteiger partial charge is 0.296 e. The number of aromatic nitrogens is 1. The summed E-state index contributed by atoms with van der Waals surface area (Å²) in [5.74, 6) is -1.09. The van der Waals surface area contributed by atoms with Crippen molar-refractivity contribution >= 4 is 40.1 Å². The molecule has 0 atom stereocenters. The standard InChI is InChI=1S/C26H24N4O4/c31-22-16-30(14-13-29(22)15-17-6-7-17)26(34)19-8-10-20(11-9-19)28-25(33)24(32)21-5-1-3-18-4-2-12-27-23(18)21/h1-5,8-12,17H,6-7,13-16H2,(H,28,33). The molecule has 2 aliphatic rings. The van der Waals surface area contributed by atoms with Crippen LogP contribution in [-0.4, -0.2) is 64.5 Å². The van der Waals surface area contributed by atoms with Gasteiger partial charge in [0.05, 0.1) is 11.1 Å². The molecule has 1 N–H and O–H groups in total. The van der Waals surface area contributed by atoms with Crippen molar-refractivity contribution in [1.82, 2.24) is 14.8 Å². The molecule has 8 heteroatoms. The fourth-order valence-electron chi connectivity index (χ4n) is 4.16. The minimum atomic E-state index is -0.783. The first-order valence-corrected chi connectivity index (χ1v) is 11.4. The lowest BCUT2D eigenvalue weighted by Crippen LogP contribution is -2.52. The summed E-state index contributed by atoms with van der Waals surface area (Å²) in [6, 6.07) is 15.0. The predicted octanol–water partition coefficient (Wildman–Crippen LogP) is 2.75. The molecule has 1 aromatic heterocycles. The number of piperazine rings is 1. The molecule has 1 aliphatic carbocycles. The van der Waals surface area contributed by atoms with Crippen LogP contribution < -0.4 is 5.32 Å². The number of Topliss-reactive ketones (excluding diaryl/α,β-unsaturated/α-hetero) is 1. The van der Waals surface area contributed by atoms with Crippen molar-refractivity contribution in [2.45, 2.75) is 12.8 Å². The second-order valence-corrected chi connectivity index (χ2v) is 8.75. The molecule has 0 spiro atoms. The van der Waals surface area contributed by atoms with E-state index in [2.05, 4.69) is 10.3 Å². The highest BCUT2D eigenvalue weighted by molar-refractivity contribution is 6.48. The first-order valence-electron chi connectivity index (χ1n) is 11.4. The molecule has 2 heterocycles. The maximum atomic E-state index is 12.8. The Labute approximate surface area is 196 Å². The lowest BCUT2D eigenvalue weighted by molar-refractivity contribution is -0.135. The molecular formula is C26H24N4O4. The Hall–Kier alpha value is -4.07. The number of benzene rings is 2. The van der Waals surface area contributed by atoms with Crippen LogP contribution in [0.3, 0.4) is 0 Å². The van der Waals surface area contributed by atoms with Crippen LogP contribution in [0.15, 0.2) is 60.8 Å². The number of carbonyl (C=O) groups excluding carboxylic acids is 4. The summed E-state index contributed by atoms with van der Waals surface area (Å²) in [4.78, 5) is 58.1.